The summed E-state index contributed by atoms with van der Waals surface area (Å²) in [6.07, 6.45) is 0. The van der Waals surface area contributed by atoms with Crippen LogP contribution in [0.2, 0.25) is 5.02 Å². The summed E-state index contributed by atoms with van der Waals surface area (Å²) >= 11 is 10.6. The van der Waals surface area contributed by atoms with Gasteiger partial charge < -0.3 is 10.1 Å². The molecule has 0 saturated carbocycles. The highest BCUT2D eigenvalue weighted by Crippen LogP contribution is 2.31. The van der Waals surface area contributed by atoms with Crippen molar-refractivity contribution in [1.29, 1.82) is 0 Å². The molecule has 0 spiro atoms. The van der Waals surface area contributed by atoms with Gasteiger partial charge in [0.25, 0.3) is 0 Å². The van der Waals surface area contributed by atoms with E-state index in [2.05, 4.69) is 40.1 Å². The summed E-state index contributed by atoms with van der Waals surface area (Å²) in [5, 5.41) is 6.31. The molecule has 0 aliphatic rings. The smallest absolute Gasteiger partial charge is 0.145 e. The molecule has 3 nitrogen and oxygen atoms in total. The van der Waals surface area contributed by atoms with Gasteiger partial charge in [0.05, 0.1) is 15.2 Å². The van der Waals surface area contributed by atoms with Crippen LogP contribution in [-0.2, 0) is 13.2 Å². The van der Waals surface area contributed by atoms with Crippen LogP contribution in [0.15, 0.2) is 22.0 Å². The van der Waals surface area contributed by atoms with E-state index in [1.807, 2.05) is 5.38 Å². The number of halogens is 3. The zero-order valence-corrected chi connectivity index (χ0v) is 14.8. The predicted octanol–water partition coefficient (Wildman–Crippen LogP) is 4.78. The standard InChI is InChI=1S/C14H15BrClFN2OS/c1-8(2)18-5-14-19-9(7-21-14)6-20-13-4-12(17)11(16)3-10(13)15/h3-4,7-8,18H,5-6H2,1-2H3. The molecular formula is C14H15BrClFN2OS. The number of hydrogen-bond acceptors (Lipinski definition) is 4. The van der Waals surface area contributed by atoms with Crippen LogP contribution in [0.5, 0.6) is 5.75 Å². The molecular weight excluding hydrogens is 379 g/mol. The maximum Gasteiger partial charge on any atom is 0.145 e. The molecule has 1 aromatic heterocycles. The number of benzene rings is 1. The first-order chi connectivity index (χ1) is 9.95. The molecule has 1 heterocycles. The van der Waals surface area contributed by atoms with Crippen molar-refractivity contribution in [3.63, 3.8) is 0 Å². The molecule has 21 heavy (non-hydrogen) atoms. The van der Waals surface area contributed by atoms with Gasteiger partial charge >= 0.3 is 0 Å². The van der Waals surface area contributed by atoms with E-state index in [9.17, 15) is 4.39 Å². The molecule has 0 unspecified atom stereocenters. The Bertz CT molecular complexity index is 621. The van der Waals surface area contributed by atoms with Gasteiger partial charge in [-0.15, -0.1) is 11.3 Å². The molecule has 1 aromatic carbocycles. The van der Waals surface area contributed by atoms with Gasteiger partial charge in [-0.1, -0.05) is 25.4 Å². The molecule has 0 saturated heterocycles. The molecule has 1 N–H and O–H groups in total. The Hall–Kier alpha value is -0.690. The SMILES string of the molecule is CC(C)NCc1nc(COc2cc(F)c(Cl)cc2Br)cs1. The van der Waals surface area contributed by atoms with Gasteiger partial charge in [-0.3, -0.25) is 0 Å². The average molecular weight is 394 g/mol. The molecule has 2 aromatic rings. The molecule has 0 bridgehead atoms. The molecule has 7 heteroatoms. The van der Waals surface area contributed by atoms with Crippen molar-refractivity contribution < 1.29 is 9.13 Å². The first-order valence-electron chi connectivity index (χ1n) is 6.39. The fourth-order valence-corrected chi connectivity index (χ4v) is 3.04. The van der Waals surface area contributed by atoms with Crippen LogP contribution in [0.3, 0.4) is 0 Å². The minimum atomic E-state index is -0.505. The number of aromatic nitrogens is 1. The largest absolute Gasteiger partial charge is 0.486 e. The van der Waals surface area contributed by atoms with Gasteiger partial charge in [-0.05, 0) is 22.0 Å². The van der Waals surface area contributed by atoms with E-state index in [0.717, 1.165) is 17.2 Å². The molecule has 2 rings (SSSR count). The highest BCUT2D eigenvalue weighted by atomic mass is 79.9. The van der Waals surface area contributed by atoms with E-state index < -0.39 is 5.82 Å². The third-order valence-electron chi connectivity index (χ3n) is 2.61. The number of thiazole rings is 1. The van der Waals surface area contributed by atoms with E-state index in [1.54, 1.807) is 11.3 Å². The molecule has 0 amide bonds. The van der Waals surface area contributed by atoms with Crippen LogP contribution in [-0.4, -0.2) is 11.0 Å². The summed E-state index contributed by atoms with van der Waals surface area (Å²) in [5.74, 6) is -0.0956. The number of rotatable bonds is 6. The van der Waals surface area contributed by atoms with Crippen LogP contribution in [0.4, 0.5) is 4.39 Å². The fourth-order valence-electron chi connectivity index (χ4n) is 1.55. The number of nitrogens with one attached hydrogen (secondary N) is 1. The lowest BCUT2D eigenvalue weighted by Gasteiger charge is -2.08. The van der Waals surface area contributed by atoms with Gasteiger partial charge in [0.15, 0.2) is 0 Å². The molecule has 0 atom stereocenters. The normalized spacial score (nSPS) is 11.1. The Morgan fingerprint density at radius 1 is 1.48 bits per heavy atom. The Balaban J connectivity index is 1.96. The Morgan fingerprint density at radius 2 is 2.24 bits per heavy atom. The zero-order chi connectivity index (χ0) is 15.4. The van der Waals surface area contributed by atoms with Gasteiger partial charge in [0, 0.05) is 24.0 Å². The van der Waals surface area contributed by atoms with E-state index in [1.165, 1.54) is 12.1 Å². The summed E-state index contributed by atoms with van der Waals surface area (Å²) in [4.78, 5) is 4.46. The van der Waals surface area contributed by atoms with E-state index in [0.29, 0.717) is 16.3 Å². The van der Waals surface area contributed by atoms with Gasteiger partial charge in [0.1, 0.15) is 23.2 Å². The van der Waals surface area contributed by atoms with Crippen LogP contribution >= 0.6 is 38.9 Å². The van der Waals surface area contributed by atoms with Crippen molar-refractivity contribution in [2.24, 2.45) is 0 Å². The second-order valence-electron chi connectivity index (χ2n) is 4.75. The highest BCUT2D eigenvalue weighted by Gasteiger charge is 2.09. The molecule has 0 fully saturated rings. The maximum atomic E-state index is 13.4. The van der Waals surface area contributed by atoms with Crippen LogP contribution in [0.25, 0.3) is 0 Å². The first kappa shape index (κ1) is 16.7. The van der Waals surface area contributed by atoms with Gasteiger partial charge in [-0.2, -0.15) is 0 Å². The van der Waals surface area contributed by atoms with E-state index in [-0.39, 0.29) is 11.6 Å². The second kappa shape index (κ2) is 7.54. The van der Waals surface area contributed by atoms with Crippen LogP contribution in [0, 0.1) is 5.82 Å². The summed E-state index contributed by atoms with van der Waals surface area (Å²) in [7, 11) is 0. The van der Waals surface area contributed by atoms with Gasteiger partial charge in [-0.25, -0.2) is 9.37 Å². The van der Waals surface area contributed by atoms with E-state index in [4.69, 9.17) is 16.3 Å². The van der Waals surface area contributed by atoms with Gasteiger partial charge in [0.2, 0.25) is 0 Å². The fraction of sp³-hybridized carbons (Fsp3) is 0.357. The summed E-state index contributed by atoms with van der Waals surface area (Å²) < 4.78 is 19.6. The first-order valence-corrected chi connectivity index (χ1v) is 8.44. The lowest BCUT2D eigenvalue weighted by Crippen LogP contribution is -2.21. The monoisotopic (exact) mass is 392 g/mol. The van der Waals surface area contributed by atoms with Crippen molar-refractivity contribution in [2.45, 2.75) is 33.0 Å². The van der Waals surface area contributed by atoms with Crippen molar-refractivity contribution in [1.82, 2.24) is 10.3 Å². The summed E-state index contributed by atoms with van der Waals surface area (Å²) in [6.45, 7) is 5.20. The maximum absolute atomic E-state index is 13.4. The van der Waals surface area contributed by atoms with Crippen LogP contribution in [0.1, 0.15) is 24.5 Å². The predicted molar refractivity (Wildman–Crippen MR) is 87.5 cm³/mol. The Labute approximate surface area is 140 Å². The van der Waals surface area contributed by atoms with Crippen molar-refractivity contribution >= 4 is 38.9 Å². The highest BCUT2D eigenvalue weighted by molar-refractivity contribution is 9.10. The molecule has 0 aliphatic carbocycles. The minimum Gasteiger partial charge on any atom is -0.486 e. The lowest BCUT2D eigenvalue weighted by atomic mass is 10.3. The zero-order valence-electron chi connectivity index (χ0n) is 11.6. The van der Waals surface area contributed by atoms with Crippen molar-refractivity contribution in [3.8, 4) is 5.75 Å². The van der Waals surface area contributed by atoms with Crippen molar-refractivity contribution in [3.05, 3.63) is 43.5 Å². The Kier molecular flexibility index (Phi) is 5.98. The molecule has 0 radical (unpaired) electrons. The van der Waals surface area contributed by atoms with Crippen LogP contribution < -0.4 is 10.1 Å². The minimum absolute atomic E-state index is 0.0601. The Morgan fingerprint density at radius 3 is 2.95 bits per heavy atom. The number of hydrogen-bond donors (Lipinski definition) is 1. The number of nitrogens with zero attached hydrogens (tertiary/aromatic N) is 1. The molecule has 114 valence electrons. The quantitative estimate of drug-likeness (QED) is 0.718. The van der Waals surface area contributed by atoms with Crippen molar-refractivity contribution in [2.75, 3.05) is 0 Å². The topological polar surface area (TPSA) is 34.2 Å². The summed E-state index contributed by atoms with van der Waals surface area (Å²) in [5.41, 5.74) is 0.822. The lowest BCUT2D eigenvalue weighted by molar-refractivity contribution is 0.298. The third-order valence-corrected chi connectivity index (χ3v) is 4.42. The third kappa shape index (κ3) is 4.92. The number of ether oxygens (including phenoxy) is 1. The summed E-state index contributed by atoms with van der Waals surface area (Å²) in [6, 6.07) is 3.16. The second-order valence-corrected chi connectivity index (χ2v) is 6.96. The van der Waals surface area contributed by atoms with E-state index >= 15 is 0 Å². The molecule has 0 aliphatic heterocycles. The average Bonchev–Trinajstić information content (AvgIpc) is 2.87.